The van der Waals surface area contributed by atoms with E-state index in [9.17, 15) is 9.59 Å². The molecule has 0 bridgehead atoms. The maximum absolute atomic E-state index is 12.1. The molecule has 2 aromatic rings. The number of nitrogens with zero attached hydrogens (tertiary/aromatic N) is 2. The van der Waals surface area contributed by atoms with E-state index < -0.39 is 0 Å². The molecule has 0 fully saturated rings. The molecule has 7 heteroatoms. The highest BCUT2D eigenvalue weighted by Gasteiger charge is 2.23. The number of ether oxygens (including phenoxy) is 1. The molecule has 1 aliphatic heterocycles. The number of hydrogen-bond donors (Lipinski definition) is 2. The van der Waals surface area contributed by atoms with Crippen LogP contribution in [-0.4, -0.2) is 29.9 Å². The summed E-state index contributed by atoms with van der Waals surface area (Å²) < 4.78 is 5.12. The highest BCUT2D eigenvalue weighted by molar-refractivity contribution is 6.10. The minimum Gasteiger partial charge on any atom is -0.497 e. The van der Waals surface area contributed by atoms with E-state index in [1.54, 1.807) is 25.4 Å². The first kappa shape index (κ1) is 15.7. The van der Waals surface area contributed by atoms with Crippen LogP contribution in [0.25, 0.3) is 0 Å². The number of carbonyl (C=O) groups excluding carboxylic acids is 2. The van der Waals surface area contributed by atoms with Crippen molar-refractivity contribution in [3.63, 3.8) is 0 Å². The first-order valence-electron chi connectivity index (χ1n) is 7.38. The van der Waals surface area contributed by atoms with Crippen molar-refractivity contribution in [2.45, 2.75) is 12.5 Å². The Morgan fingerprint density at radius 3 is 2.75 bits per heavy atom. The quantitative estimate of drug-likeness (QED) is 0.893. The molecule has 2 N–H and O–H groups in total. The summed E-state index contributed by atoms with van der Waals surface area (Å²) in [5, 5.41) is 5.18. The van der Waals surface area contributed by atoms with E-state index in [4.69, 9.17) is 4.74 Å². The van der Waals surface area contributed by atoms with E-state index in [0.29, 0.717) is 5.56 Å². The number of aliphatic imine (C=N–C) groups is 1. The van der Waals surface area contributed by atoms with Crippen molar-refractivity contribution in [3.8, 4) is 5.75 Å². The molecule has 122 valence electrons. The van der Waals surface area contributed by atoms with Gasteiger partial charge in [0.2, 0.25) is 11.9 Å². The Balaban J connectivity index is 1.78. The Kier molecular flexibility index (Phi) is 4.51. The topological polar surface area (TPSA) is 92.7 Å². The zero-order valence-electron chi connectivity index (χ0n) is 13.0. The van der Waals surface area contributed by atoms with E-state index in [1.165, 1.54) is 6.20 Å². The predicted octanol–water partition coefficient (Wildman–Crippen LogP) is 1.44. The lowest BCUT2D eigenvalue weighted by Crippen LogP contribution is -2.47. The van der Waals surface area contributed by atoms with Gasteiger partial charge >= 0.3 is 0 Å². The first-order chi connectivity index (χ1) is 11.7. The van der Waals surface area contributed by atoms with Crippen LogP contribution in [0.2, 0.25) is 0 Å². The van der Waals surface area contributed by atoms with Gasteiger partial charge in [-0.3, -0.25) is 25.2 Å². The van der Waals surface area contributed by atoms with Crippen molar-refractivity contribution >= 4 is 17.8 Å². The molecule has 1 aromatic heterocycles. The number of amides is 2. The number of rotatable bonds is 3. The van der Waals surface area contributed by atoms with Crippen LogP contribution >= 0.6 is 0 Å². The lowest BCUT2D eigenvalue weighted by Gasteiger charge is -2.21. The zero-order chi connectivity index (χ0) is 16.9. The third-order valence-electron chi connectivity index (χ3n) is 3.58. The van der Waals surface area contributed by atoms with E-state index in [2.05, 4.69) is 20.6 Å². The van der Waals surface area contributed by atoms with Crippen molar-refractivity contribution in [2.75, 3.05) is 7.11 Å². The molecule has 7 nitrogen and oxygen atoms in total. The van der Waals surface area contributed by atoms with Gasteiger partial charge in [-0.25, -0.2) is 4.99 Å². The number of benzene rings is 1. The van der Waals surface area contributed by atoms with Crippen molar-refractivity contribution in [1.82, 2.24) is 15.6 Å². The number of hydrogen-bond acceptors (Lipinski definition) is 5. The molecule has 0 aliphatic carbocycles. The van der Waals surface area contributed by atoms with Crippen molar-refractivity contribution in [1.29, 1.82) is 0 Å². The molecule has 3 rings (SSSR count). The predicted molar refractivity (Wildman–Crippen MR) is 87.6 cm³/mol. The number of methoxy groups -OCH3 is 1. The Bertz CT molecular complexity index is 772. The molecule has 1 unspecified atom stereocenters. The summed E-state index contributed by atoms with van der Waals surface area (Å²) >= 11 is 0. The lowest BCUT2D eigenvalue weighted by molar-refractivity contribution is -0.120. The molecule has 0 saturated carbocycles. The smallest absolute Gasteiger partial charge is 0.259 e. The van der Waals surface area contributed by atoms with Crippen LogP contribution in [0, 0.1) is 0 Å². The summed E-state index contributed by atoms with van der Waals surface area (Å²) in [5.41, 5.74) is 1.26. The van der Waals surface area contributed by atoms with Gasteiger partial charge < -0.3 is 4.74 Å². The molecular weight excluding hydrogens is 308 g/mol. The van der Waals surface area contributed by atoms with Gasteiger partial charge in [0.1, 0.15) is 5.75 Å². The third-order valence-corrected chi connectivity index (χ3v) is 3.58. The number of pyridine rings is 1. The molecular formula is C17H16N4O3. The number of nitrogens with one attached hydrogen (secondary N) is 2. The van der Waals surface area contributed by atoms with Gasteiger partial charge in [0.15, 0.2) is 0 Å². The molecule has 1 aliphatic rings. The fraction of sp³-hybridized carbons (Fsp3) is 0.176. The summed E-state index contributed by atoms with van der Waals surface area (Å²) in [4.78, 5) is 32.4. The van der Waals surface area contributed by atoms with Crippen LogP contribution in [0.1, 0.15) is 28.4 Å². The van der Waals surface area contributed by atoms with Crippen molar-refractivity contribution in [3.05, 3.63) is 59.9 Å². The van der Waals surface area contributed by atoms with Crippen molar-refractivity contribution < 1.29 is 14.3 Å². The summed E-state index contributed by atoms with van der Waals surface area (Å²) in [7, 11) is 1.59. The SMILES string of the molecule is COc1ccc(C2CC(=O)NC(NC(=O)c3cccnc3)=N2)cc1. The highest BCUT2D eigenvalue weighted by Crippen LogP contribution is 2.25. The average Bonchev–Trinajstić information content (AvgIpc) is 2.62. The van der Waals surface area contributed by atoms with Gasteiger partial charge in [-0.1, -0.05) is 12.1 Å². The number of aromatic nitrogens is 1. The second kappa shape index (κ2) is 6.91. The fourth-order valence-electron chi connectivity index (χ4n) is 2.35. The Morgan fingerprint density at radius 2 is 2.08 bits per heavy atom. The van der Waals surface area contributed by atoms with Gasteiger partial charge in [-0.2, -0.15) is 0 Å². The van der Waals surface area contributed by atoms with Crippen LogP contribution in [0.15, 0.2) is 53.8 Å². The third kappa shape index (κ3) is 3.57. The molecule has 24 heavy (non-hydrogen) atoms. The fourth-order valence-corrected chi connectivity index (χ4v) is 2.35. The molecule has 2 amide bonds. The van der Waals surface area contributed by atoms with Gasteiger partial charge in [0.05, 0.1) is 25.1 Å². The second-order valence-corrected chi connectivity index (χ2v) is 5.21. The lowest BCUT2D eigenvalue weighted by atomic mass is 10.0. The van der Waals surface area contributed by atoms with Crippen LogP contribution < -0.4 is 15.4 Å². The van der Waals surface area contributed by atoms with E-state index in [-0.39, 0.29) is 30.2 Å². The van der Waals surface area contributed by atoms with Gasteiger partial charge in [-0.15, -0.1) is 0 Å². The minimum atomic E-state index is -0.377. The van der Waals surface area contributed by atoms with Crippen molar-refractivity contribution in [2.24, 2.45) is 4.99 Å². The first-order valence-corrected chi connectivity index (χ1v) is 7.38. The number of guanidine groups is 1. The maximum Gasteiger partial charge on any atom is 0.259 e. The maximum atomic E-state index is 12.1. The van der Waals surface area contributed by atoms with Crippen LogP contribution in [0.4, 0.5) is 0 Å². The molecule has 1 atom stereocenters. The zero-order valence-corrected chi connectivity index (χ0v) is 13.0. The Labute approximate surface area is 138 Å². The molecule has 1 aromatic carbocycles. The molecule has 0 radical (unpaired) electrons. The standard InChI is InChI=1S/C17H16N4O3/c1-24-13-6-4-11(5-7-13)14-9-15(22)20-17(19-14)21-16(23)12-3-2-8-18-10-12/h2-8,10,14H,9H2,1H3,(H2,19,20,21,22,23). The molecule has 0 saturated heterocycles. The Hall–Kier alpha value is -3.22. The normalized spacial score (nSPS) is 16.8. The number of carbonyl (C=O) groups is 2. The van der Waals surface area contributed by atoms with E-state index >= 15 is 0 Å². The minimum absolute atomic E-state index is 0.140. The largest absolute Gasteiger partial charge is 0.497 e. The van der Waals surface area contributed by atoms with Gasteiger partial charge in [0, 0.05) is 12.4 Å². The Morgan fingerprint density at radius 1 is 1.29 bits per heavy atom. The summed E-state index contributed by atoms with van der Waals surface area (Å²) in [5.74, 6) is 0.291. The van der Waals surface area contributed by atoms with Crippen LogP contribution in [0.3, 0.4) is 0 Å². The van der Waals surface area contributed by atoms with E-state index in [0.717, 1.165) is 11.3 Å². The van der Waals surface area contributed by atoms with E-state index in [1.807, 2.05) is 24.3 Å². The van der Waals surface area contributed by atoms with Gasteiger partial charge in [-0.05, 0) is 29.8 Å². The monoisotopic (exact) mass is 324 g/mol. The summed E-state index contributed by atoms with van der Waals surface area (Å²) in [6.45, 7) is 0. The highest BCUT2D eigenvalue weighted by atomic mass is 16.5. The van der Waals surface area contributed by atoms with Crippen LogP contribution in [0.5, 0.6) is 5.75 Å². The second-order valence-electron chi connectivity index (χ2n) is 5.21. The molecule has 0 spiro atoms. The molecule has 2 heterocycles. The summed E-state index contributed by atoms with van der Waals surface area (Å²) in [6, 6.07) is 10.3. The summed E-state index contributed by atoms with van der Waals surface area (Å²) in [6.07, 6.45) is 3.25. The van der Waals surface area contributed by atoms with Gasteiger partial charge in [0.25, 0.3) is 5.91 Å². The average molecular weight is 324 g/mol. The van der Waals surface area contributed by atoms with Crippen LogP contribution in [-0.2, 0) is 4.79 Å².